The molecule has 1 aromatic heterocycles. The highest BCUT2D eigenvalue weighted by Gasteiger charge is 2.24. The van der Waals surface area contributed by atoms with Gasteiger partial charge in [0.25, 0.3) is 0 Å². The summed E-state index contributed by atoms with van der Waals surface area (Å²) in [7, 11) is -0.762. The molecule has 0 spiro atoms. The molecule has 0 bridgehead atoms. The third kappa shape index (κ3) is 4.17. The molecule has 0 unspecified atom stereocenters. The van der Waals surface area contributed by atoms with Crippen LogP contribution in [0.25, 0.3) is 11.3 Å². The van der Waals surface area contributed by atoms with Crippen molar-refractivity contribution >= 4 is 10.0 Å². The van der Waals surface area contributed by atoms with Gasteiger partial charge in [-0.25, -0.2) is 10.0 Å². The SMILES string of the molecule is CCC(CC)c1cccc(-c2cc(C3CCCC3)c(S(C)(C)C)cn2)c1. The standard InChI is InChI=1S/C24H35NS/c1-6-18(7-2)20-13-10-14-21(15-20)23-16-22(19-11-8-9-12-19)24(17-25-23)26(3,4)5/h10,13-19H,6-9,11-12H2,1-5H3. The Labute approximate surface area is 162 Å². The summed E-state index contributed by atoms with van der Waals surface area (Å²) in [5.41, 5.74) is 5.49. The molecule has 0 N–H and O–H groups in total. The number of hydrogen-bond donors (Lipinski definition) is 0. The largest absolute Gasteiger partial charge is 0.255 e. The number of hydrogen-bond acceptors (Lipinski definition) is 1. The summed E-state index contributed by atoms with van der Waals surface area (Å²) in [6, 6.07) is 11.5. The lowest BCUT2D eigenvalue weighted by Gasteiger charge is -2.30. The summed E-state index contributed by atoms with van der Waals surface area (Å²) in [5.74, 6) is 1.39. The van der Waals surface area contributed by atoms with Gasteiger partial charge in [0.2, 0.25) is 0 Å². The summed E-state index contributed by atoms with van der Waals surface area (Å²) in [5, 5.41) is 0. The van der Waals surface area contributed by atoms with Crippen LogP contribution in [0.1, 0.15) is 75.3 Å². The van der Waals surface area contributed by atoms with Crippen molar-refractivity contribution < 1.29 is 0 Å². The van der Waals surface area contributed by atoms with Gasteiger partial charge >= 0.3 is 0 Å². The summed E-state index contributed by atoms with van der Waals surface area (Å²) in [6.07, 6.45) is 17.3. The van der Waals surface area contributed by atoms with Gasteiger partial charge in [-0.05, 0) is 79.5 Å². The predicted octanol–water partition coefficient (Wildman–Crippen LogP) is 7.36. The first-order chi connectivity index (χ1) is 12.4. The second-order valence-electron chi connectivity index (χ2n) is 8.56. The van der Waals surface area contributed by atoms with E-state index in [9.17, 15) is 0 Å². The molecular formula is C24H35NS. The van der Waals surface area contributed by atoms with Crippen molar-refractivity contribution in [2.45, 2.75) is 69.1 Å². The van der Waals surface area contributed by atoms with E-state index in [0.717, 1.165) is 11.6 Å². The first-order valence-corrected chi connectivity index (χ1v) is 13.1. The van der Waals surface area contributed by atoms with Crippen molar-refractivity contribution in [3.8, 4) is 11.3 Å². The summed E-state index contributed by atoms with van der Waals surface area (Å²) in [4.78, 5) is 6.44. The van der Waals surface area contributed by atoms with E-state index in [1.165, 1.54) is 54.5 Å². The Kier molecular flexibility index (Phi) is 6.12. The minimum Gasteiger partial charge on any atom is -0.255 e. The van der Waals surface area contributed by atoms with E-state index in [4.69, 9.17) is 4.98 Å². The lowest BCUT2D eigenvalue weighted by molar-refractivity contribution is 0.642. The van der Waals surface area contributed by atoms with Crippen LogP contribution >= 0.6 is 10.0 Å². The van der Waals surface area contributed by atoms with E-state index < -0.39 is 10.0 Å². The number of aromatic nitrogens is 1. The third-order valence-electron chi connectivity index (χ3n) is 5.99. The molecule has 0 radical (unpaired) electrons. The van der Waals surface area contributed by atoms with E-state index in [1.807, 2.05) is 0 Å². The van der Waals surface area contributed by atoms with E-state index in [-0.39, 0.29) is 0 Å². The Morgan fingerprint density at radius 1 is 1.04 bits per heavy atom. The second kappa shape index (κ2) is 8.17. The van der Waals surface area contributed by atoms with Crippen LogP contribution < -0.4 is 0 Å². The van der Waals surface area contributed by atoms with Crippen molar-refractivity contribution in [3.63, 3.8) is 0 Å². The molecule has 2 aromatic rings. The minimum absolute atomic E-state index is 0.655. The molecule has 2 heteroatoms. The number of benzene rings is 1. The van der Waals surface area contributed by atoms with Gasteiger partial charge in [0.05, 0.1) is 5.69 Å². The number of rotatable bonds is 6. The van der Waals surface area contributed by atoms with Crippen molar-refractivity contribution in [1.29, 1.82) is 0 Å². The maximum absolute atomic E-state index is 4.92. The Bertz CT molecular complexity index is 734. The van der Waals surface area contributed by atoms with Gasteiger partial charge in [-0.3, -0.25) is 4.98 Å². The summed E-state index contributed by atoms with van der Waals surface area (Å²) in [6.45, 7) is 4.58. The van der Waals surface area contributed by atoms with Gasteiger partial charge in [0.1, 0.15) is 0 Å². The molecule has 1 aliphatic rings. The molecule has 1 heterocycles. The lowest BCUT2D eigenvalue weighted by atomic mass is 9.91. The average molecular weight is 370 g/mol. The fraction of sp³-hybridized carbons (Fsp3) is 0.542. The van der Waals surface area contributed by atoms with E-state index in [1.54, 1.807) is 5.56 Å². The smallest absolute Gasteiger partial charge is 0.0705 e. The highest BCUT2D eigenvalue weighted by molar-refractivity contribution is 8.32. The predicted molar refractivity (Wildman–Crippen MR) is 118 cm³/mol. The molecule has 1 nitrogen and oxygen atoms in total. The zero-order valence-corrected chi connectivity index (χ0v) is 18.0. The molecule has 0 aliphatic heterocycles. The molecule has 1 saturated carbocycles. The van der Waals surface area contributed by atoms with Crippen LogP contribution in [-0.4, -0.2) is 23.8 Å². The monoisotopic (exact) mass is 369 g/mol. The Morgan fingerprint density at radius 3 is 2.35 bits per heavy atom. The molecular weight excluding hydrogens is 334 g/mol. The normalized spacial score (nSPS) is 16.4. The van der Waals surface area contributed by atoms with E-state index >= 15 is 0 Å². The van der Waals surface area contributed by atoms with E-state index in [0.29, 0.717) is 5.92 Å². The molecule has 26 heavy (non-hydrogen) atoms. The molecule has 0 atom stereocenters. The van der Waals surface area contributed by atoms with Gasteiger partial charge in [-0.2, -0.15) is 0 Å². The minimum atomic E-state index is -0.762. The zero-order chi connectivity index (χ0) is 18.7. The van der Waals surface area contributed by atoms with Gasteiger partial charge in [-0.1, -0.05) is 44.9 Å². The Hall–Kier alpha value is -1.28. The molecule has 1 aromatic carbocycles. The van der Waals surface area contributed by atoms with Crippen molar-refractivity contribution in [3.05, 3.63) is 47.7 Å². The molecule has 1 aliphatic carbocycles. The van der Waals surface area contributed by atoms with Crippen LogP contribution in [0.4, 0.5) is 0 Å². The lowest BCUT2D eigenvalue weighted by Crippen LogP contribution is -2.05. The number of nitrogens with zero attached hydrogens (tertiary/aromatic N) is 1. The summed E-state index contributed by atoms with van der Waals surface area (Å²) >= 11 is 0. The van der Waals surface area contributed by atoms with Gasteiger partial charge in [0, 0.05) is 16.7 Å². The van der Waals surface area contributed by atoms with Crippen molar-refractivity contribution in [2.24, 2.45) is 0 Å². The van der Waals surface area contributed by atoms with Gasteiger partial charge in [0.15, 0.2) is 0 Å². The van der Waals surface area contributed by atoms with Crippen LogP contribution in [0.3, 0.4) is 0 Å². The van der Waals surface area contributed by atoms with Crippen LogP contribution in [0.2, 0.25) is 0 Å². The molecule has 142 valence electrons. The first-order valence-electron chi connectivity index (χ1n) is 10.2. The Balaban J connectivity index is 2.03. The van der Waals surface area contributed by atoms with Crippen molar-refractivity contribution in [1.82, 2.24) is 4.98 Å². The van der Waals surface area contributed by atoms with Crippen LogP contribution in [0.15, 0.2) is 41.4 Å². The quantitative estimate of drug-likeness (QED) is 0.518. The highest BCUT2D eigenvalue weighted by atomic mass is 32.3. The van der Waals surface area contributed by atoms with Crippen LogP contribution in [-0.2, 0) is 0 Å². The topological polar surface area (TPSA) is 12.9 Å². The van der Waals surface area contributed by atoms with Gasteiger partial charge < -0.3 is 0 Å². The van der Waals surface area contributed by atoms with E-state index in [2.05, 4.69) is 69.1 Å². The first kappa shape index (κ1) is 19.5. The maximum atomic E-state index is 4.92. The second-order valence-corrected chi connectivity index (χ2v) is 12.7. The van der Waals surface area contributed by atoms with Crippen LogP contribution in [0, 0.1) is 0 Å². The van der Waals surface area contributed by atoms with Crippen LogP contribution in [0.5, 0.6) is 0 Å². The molecule has 1 fully saturated rings. The summed E-state index contributed by atoms with van der Waals surface area (Å²) < 4.78 is 0. The zero-order valence-electron chi connectivity index (χ0n) is 17.2. The fourth-order valence-electron chi connectivity index (χ4n) is 4.40. The van der Waals surface area contributed by atoms with Crippen molar-refractivity contribution in [2.75, 3.05) is 18.8 Å². The maximum Gasteiger partial charge on any atom is 0.0705 e. The molecule has 3 rings (SSSR count). The Morgan fingerprint density at radius 2 is 1.73 bits per heavy atom. The number of pyridine rings is 1. The third-order valence-corrected chi connectivity index (χ3v) is 7.65. The molecule has 0 saturated heterocycles. The molecule has 0 amide bonds. The highest BCUT2D eigenvalue weighted by Crippen LogP contribution is 2.51. The fourth-order valence-corrected chi connectivity index (χ4v) is 5.70. The van der Waals surface area contributed by atoms with Gasteiger partial charge in [-0.15, -0.1) is 0 Å². The average Bonchev–Trinajstić information content (AvgIpc) is 3.16.